The highest BCUT2D eigenvalue weighted by atomic mass is 35.5. The van der Waals surface area contributed by atoms with Gasteiger partial charge >= 0.3 is 0 Å². The minimum absolute atomic E-state index is 0. The molecule has 1 aromatic carbocycles. The summed E-state index contributed by atoms with van der Waals surface area (Å²) < 4.78 is 0. The number of amides is 1. The fourth-order valence-electron chi connectivity index (χ4n) is 2.83. The third-order valence-corrected chi connectivity index (χ3v) is 4.93. The van der Waals surface area contributed by atoms with E-state index in [1.54, 1.807) is 11.3 Å². The van der Waals surface area contributed by atoms with Crippen LogP contribution >= 0.6 is 35.3 Å². The van der Waals surface area contributed by atoms with Gasteiger partial charge in [0.1, 0.15) is 0 Å². The van der Waals surface area contributed by atoms with E-state index in [1.807, 2.05) is 29.6 Å². The number of thiophene rings is 1. The molecule has 3 nitrogen and oxygen atoms in total. The average Bonchev–Trinajstić information content (AvgIpc) is 3.19. The predicted molar refractivity (Wildman–Crippen MR) is 98.6 cm³/mol. The van der Waals surface area contributed by atoms with Crippen LogP contribution in [0, 0.1) is 0 Å². The van der Waals surface area contributed by atoms with Crippen molar-refractivity contribution >= 4 is 41.3 Å². The Balaban J connectivity index is 0.00000192. The van der Waals surface area contributed by atoms with Gasteiger partial charge in [-0.15, -0.1) is 12.4 Å². The molecular formula is C17H20Cl2N2OS. The largest absolute Gasteiger partial charge is 0.345 e. The van der Waals surface area contributed by atoms with Crippen LogP contribution in [0.25, 0.3) is 0 Å². The van der Waals surface area contributed by atoms with Crippen LogP contribution in [0.5, 0.6) is 0 Å². The molecule has 124 valence electrons. The van der Waals surface area contributed by atoms with Crippen molar-refractivity contribution in [2.45, 2.75) is 31.3 Å². The molecule has 2 atom stereocenters. The number of hydrogen-bond donors (Lipinski definition) is 2. The fourth-order valence-corrected chi connectivity index (χ4v) is 3.64. The summed E-state index contributed by atoms with van der Waals surface area (Å²) in [4.78, 5) is 12.4. The lowest BCUT2D eigenvalue weighted by atomic mass is 10.0. The van der Waals surface area contributed by atoms with Crippen LogP contribution in [0.4, 0.5) is 0 Å². The van der Waals surface area contributed by atoms with Crippen molar-refractivity contribution in [2.24, 2.45) is 0 Å². The first-order chi connectivity index (χ1) is 10.7. The van der Waals surface area contributed by atoms with Crippen molar-refractivity contribution in [3.63, 3.8) is 0 Å². The molecule has 0 saturated carbocycles. The van der Waals surface area contributed by atoms with Crippen molar-refractivity contribution in [3.8, 4) is 0 Å². The van der Waals surface area contributed by atoms with Gasteiger partial charge in [-0.2, -0.15) is 11.3 Å². The summed E-state index contributed by atoms with van der Waals surface area (Å²) in [7, 11) is 0. The highest BCUT2D eigenvalue weighted by Crippen LogP contribution is 2.25. The van der Waals surface area contributed by atoms with Gasteiger partial charge in [0.05, 0.1) is 6.04 Å². The maximum atomic E-state index is 12.4. The molecular weight excluding hydrogens is 351 g/mol. The molecule has 1 aliphatic heterocycles. The zero-order valence-electron chi connectivity index (χ0n) is 12.6. The molecule has 1 aliphatic rings. The summed E-state index contributed by atoms with van der Waals surface area (Å²) in [6.07, 6.45) is 2.77. The third-order valence-electron chi connectivity index (χ3n) is 3.98. The van der Waals surface area contributed by atoms with Crippen LogP contribution in [0.2, 0.25) is 5.02 Å². The van der Waals surface area contributed by atoms with Crippen molar-refractivity contribution in [1.82, 2.24) is 10.6 Å². The Kier molecular flexibility index (Phi) is 6.90. The van der Waals surface area contributed by atoms with Gasteiger partial charge in [-0.25, -0.2) is 0 Å². The topological polar surface area (TPSA) is 41.1 Å². The highest BCUT2D eigenvalue weighted by Gasteiger charge is 2.21. The zero-order chi connectivity index (χ0) is 15.4. The highest BCUT2D eigenvalue weighted by molar-refractivity contribution is 7.08. The summed E-state index contributed by atoms with van der Waals surface area (Å²) >= 11 is 7.60. The second-order valence-corrected chi connectivity index (χ2v) is 6.82. The van der Waals surface area contributed by atoms with Crippen LogP contribution in [0.3, 0.4) is 0 Å². The molecule has 0 radical (unpaired) electrons. The molecule has 1 aromatic heterocycles. The van der Waals surface area contributed by atoms with Gasteiger partial charge in [-0.1, -0.05) is 23.7 Å². The predicted octanol–water partition coefficient (Wildman–Crippen LogP) is 4.17. The molecule has 3 rings (SSSR count). The molecule has 2 heterocycles. The first-order valence-corrected chi connectivity index (χ1v) is 8.85. The molecule has 2 aromatic rings. The van der Waals surface area contributed by atoms with Crippen molar-refractivity contribution in [3.05, 3.63) is 57.2 Å². The molecule has 2 N–H and O–H groups in total. The van der Waals surface area contributed by atoms with Crippen LogP contribution in [0.1, 0.15) is 36.4 Å². The second-order valence-electron chi connectivity index (χ2n) is 5.61. The number of carbonyl (C=O) groups excluding carboxylic acids is 1. The zero-order valence-corrected chi connectivity index (χ0v) is 15.0. The molecule has 1 amide bonds. The normalized spacial score (nSPS) is 18.2. The molecule has 0 spiro atoms. The summed E-state index contributed by atoms with van der Waals surface area (Å²) in [5.74, 6) is 0.0885. The third kappa shape index (κ3) is 4.95. The van der Waals surface area contributed by atoms with E-state index in [0.29, 0.717) is 17.5 Å². The maximum absolute atomic E-state index is 12.4. The lowest BCUT2D eigenvalue weighted by Gasteiger charge is -2.20. The van der Waals surface area contributed by atoms with E-state index in [9.17, 15) is 4.79 Å². The summed E-state index contributed by atoms with van der Waals surface area (Å²) in [6.45, 7) is 1.02. The number of rotatable bonds is 5. The van der Waals surface area contributed by atoms with Gasteiger partial charge in [0, 0.05) is 17.5 Å². The molecule has 0 bridgehead atoms. The number of benzene rings is 1. The van der Waals surface area contributed by atoms with E-state index in [1.165, 1.54) is 0 Å². The average molecular weight is 371 g/mol. The standard InChI is InChI=1S/C17H19ClN2OS.ClH/c18-14-5-3-12(4-6-14)17(13-7-9-22-11-13)20-16(21)10-15-2-1-8-19-15;/h3-7,9,11,15,17,19H,1-2,8,10H2,(H,20,21);1H. The quantitative estimate of drug-likeness (QED) is 0.828. The van der Waals surface area contributed by atoms with Gasteiger partial charge in [0.15, 0.2) is 0 Å². The van der Waals surface area contributed by atoms with E-state index in [4.69, 9.17) is 11.6 Å². The number of hydrogen-bond acceptors (Lipinski definition) is 3. The number of nitrogens with one attached hydrogen (secondary N) is 2. The first kappa shape index (κ1) is 18.3. The van der Waals surface area contributed by atoms with Gasteiger partial charge in [0.25, 0.3) is 0 Å². The molecule has 1 saturated heterocycles. The Morgan fingerprint density at radius 2 is 2.09 bits per heavy atom. The SMILES string of the molecule is Cl.O=C(CC1CCCN1)NC(c1ccc(Cl)cc1)c1ccsc1. The Labute approximate surface area is 151 Å². The molecule has 2 unspecified atom stereocenters. The van der Waals surface area contributed by atoms with Crippen LogP contribution in [0.15, 0.2) is 41.1 Å². The van der Waals surface area contributed by atoms with Gasteiger partial charge < -0.3 is 10.6 Å². The van der Waals surface area contributed by atoms with Gasteiger partial charge in [-0.05, 0) is 59.5 Å². The minimum atomic E-state index is -0.114. The van der Waals surface area contributed by atoms with Crippen molar-refractivity contribution < 1.29 is 4.79 Å². The van der Waals surface area contributed by atoms with Gasteiger partial charge in [-0.3, -0.25) is 4.79 Å². The van der Waals surface area contributed by atoms with E-state index >= 15 is 0 Å². The molecule has 23 heavy (non-hydrogen) atoms. The van der Waals surface area contributed by atoms with E-state index in [2.05, 4.69) is 22.1 Å². The lowest BCUT2D eigenvalue weighted by molar-refractivity contribution is -0.122. The maximum Gasteiger partial charge on any atom is 0.222 e. The molecule has 1 fully saturated rings. The van der Waals surface area contributed by atoms with Gasteiger partial charge in [0.2, 0.25) is 5.91 Å². The Hall–Kier alpha value is -1.07. The summed E-state index contributed by atoms with van der Waals surface area (Å²) in [5, 5.41) is 11.3. The van der Waals surface area contributed by atoms with E-state index < -0.39 is 0 Å². The molecule has 0 aliphatic carbocycles. The second kappa shape index (κ2) is 8.69. The van der Waals surface area contributed by atoms with E-state index in [0.717, 1.165) is 30.5 Å². The van der Waals surface area contributed by atoms with Crippen LogP contribution in [-0.4, -0.2) is 18.5 Å². The Morgan fingerprint density at radius 3 is 2.70 bits per heavy atom. The van der Waals surface area contributed by atoms with Crippen molar-refractivity contribution in [1.29, 1.82) is 0 Å². The Morgan fingerprint density at radius 1 is 1.30 bits per heavy atom. The first-order valence-electron chi connectivity index (χ1n) is 7.52. The van der Waals surface area contributed by atoms with Crippen LogP contribution < -0.4 is 10.6 Å². The number of carbonyl (C=O) groups is 1. The minimum Gasteiger partial charge on any atom is -0.345 e. The number of halogens is 2. The summed E-state index contributed by atoms with van der Waals surface area (Å²) in [5.41, 5.74) is 2.16. The monoisotopic (exact) mass is 370 g/mol. The Bertz CT molecular complexity index is 610. The van der Waals surface area contributed by atoms with Crippen LogP contribution in [-0.2, 0) is 4.79 Å². The summed E-state index contributed by atoms with van der Waals surface area (Å²) in [6, 6.07) is 9.92. The van der Waals surface area contributed by atoms with Crippen molar-refractivity contribution in [2.75, 3.05) is 6.54 Å². The lowest BCUT2D eigenvalue weighted by Crippen LogP contribution is -2.34. The smallest absolute Gasteiger partial charge is 0.222 e. The van der Waals surface area contributed by atoms with E-state index in [-0.39, 0.29) is 24.4 Å². The molecule has 6 heteroatoms. The fraction of sp³-hybridized carbons (Fsp3) is 0.353.